The van der Waals surface area contributed by atoms with Crippen molar-refractivity contribution in [2.75, 3.05) is 0 Å². The number of carbonyl (C=O) groups excluding carboxylic acids is 1. The van der Waals surface area contributed by atoms with Gasteiger partial charge in [-0.2, -0.15) is 5.10 Å². The summed E-state index contributed by atoms with van der Waals surface area (Å²) in [7, 11) is 0. The van der Waals surface area contributed by atoms with E-state index < -0.39 is 0 Å². The largest absolute Gasteiger partial charge is 0.286 e. The van der Waals surface area contributed by atoms with E-state index in [0.717, 1.165) is 16.9 Å². The van der Waals surface area contributed by atoms with Gasteiger partial charge in [-0.05, 0) is 30.4 Å². The van der Waals surface area contributed by atoms with Crippen LogP contribution in [0.4, 0.5) is 0 Å². The molecule has 2 rings (SSSR count). The van der Waals surface area contributed by atoms with E-state index in [2.05, 4.69) is 5.10 Å². The first-order chi connectivity index (χ1) is 8.15. The van der Waals surface area contributed by atoms with Gasteiger partial charge in [-0.3, -0.25) is 9.48 Å². The fourth-order valence-electron chi connectivity index (χ4n) is 1.68. The Morgan fingerprint density at radius 1 is 1.59 bits per heavy atom. The van der Waals surface area contributed by atoms with E-state index >= 15 is 0 Å². The molecule has 0 spiro atoms. The van der Waals surface area contributed by atoms with Gasteiger partial charge < -0.3 is 0 Å². The van der Waals surface area contributed by atoms with Gasteiger partial charge in [0.25, 0.3) is 0 Å². The van der Waals surface area contributed by atoms with Gasteiger partial charge in [0.1, 0.15) is 5.69 Å². The summed E-state index contributed by atoms with van der Waals surface area (Å²) in [4.78, 5) is 13.1. The number of nitrogens with zero attached hydrogens (tertiary/aromatic N) is 2. The normalized spacial score (nSPS) is 10.8. The monoisotopic (exact) mass is 268 g/mol. The zero-order chi connectivity index (χ0) is 12.4. The molecule has 0 bridgehead atoms. The van der Waals surface area contributed by atoms with Crippen LogP contribution in [0.2, 0.25) is 5.02 Å². The van der Waals surface area contributed by atoms with Crippen LogP contribution >= 0.6 is 22.9 Å². The maximum absolute atomic E-state index is 12.4. The molecule has 0 saturated heterocycles. The van der Waals surface area contributed by atoms with Crippen LogP contribution in [0.5, 0.6) is 0 Å². The zero-order valence-corrected chi connectivity index (χ0v) is 11.3. The Balaban J connectivity index is 2.43. The van der Waals surface area contributed by atoms with Crippen molar-refractivity contribution in [1.29, 1.82) is 0 Å². The highest BCUT2D eigenvalue weighted by Crippen LogP contribution is 2.24. The lowest BCUT2D eigenvalue weighted by Crippen LogP contribution is -2.11. The Bertz CT molecular complexity index is 544. The van der Waals surface area contributed by atoms with E-state index in [1.807, 2.05) is 25.3 Å². The van der Waals surface area contributed by atoms with E-state index in [1.165, 1.54) is 17.5 Å². The standard InChI is InChI=1S/C12H13ClN2OS/c1-3-5-15-10(9(13)7-14-15)11(16)12-8(2)4-6-17-12/h4,6-7H,3,5H2,1-2H3. The highest BCUT2D eigenvalue weighted by Gasteiger charge is 2.21. The number of hydrogen-bond acceptors (Lipinski definition) is 3. The van der Waals surface area contributed by atoms with Crippen molar-refractivity contribution in [3.63, 3.8) is 0 Å². The minimum Gasteiger partial charge on any atom is -0.286 e. The average molecular weight is 269 g/mol. The lowest BCUT2D eigenvalue weighted by Gasteiger charge is -2.05. The third kappa shape index (κ3) is 2.28. The third-order valence-electron chi connectivity index (χ3n) is 2.51. The van der Waals surface area contributed by atoms with Gasteiger partial charge in [0.05, 0.1) is 16.1 Å². The Labute approximate surface area is 109 Å². The van der Waals surface area contributed by atoms with Crippen molar-refractivity contribution in [3.8, 4) is 0 Å². The molecule has 0 aliphatic rings. The SMILES string of the molecule is CCCn1ncc(Cl)c1C(=O)c1sccc1C. The fraction of sp³-hybridized carbons (Fsp3) is 0.333. The minimum atomic E-state index is -0.0338. The molecule has 0 aliphatic heterocycles. The lowest BCUT2D eigenvalue weighted by molar-refractivity contribution is 0.103. The fourth-order valence-corrected chi connectivity index (χ4v) is 2.78. The van der Waals surface area contributed by atoms with E-state index in [4.69, 9.17) is 11.6 Å². The van der Waals surface area contributed by atoms with Gasteiger partial charge in [0, 0.05) is 6.54 Å². The summed E-state index contributed by atoms with van der Waals surface area (Å²) < 4.78 is 1.68. The Kier molecular flexibility index (Phi) is 3.64. The highest BCUT2D eigenvalue weighted by molar-refractivity contribution is 7.12. The number of thiophene rings is 1. The van der Waals surface area contributed by atoms with Crippen molar-refractivity contribution in [2.45, 2.75) is 26.8 Å². The molecule has 0 amide bonds. The second-order valence-electron chi connectivity index (χ2n) is 3.83. The van der Waals surface area contributed by atoms with Crippen molar-refractivity contribution in [3.05, 3.63) is 38.8 Å². The van der Waals surface area contributed by atoms with Crippen LogP contribution in [-0.4, -0.2) is 15.6 Å². The third-order valence-corrected chi connectivity index (χ3v) is 3.81. The first-order valence-corrected chi connectivity index (χ1v) is 6.71. The molecule has 90 valence electrons. The molecule has 0 N–H and O–H groups in total. The number of ketones is 1. The predicted molar refractivity (Wildman–Crippen MR) is 70.0 cm³/mol. The number of carbonyl (C=O) groups is 1. The Morgan fingerprint density at radius 3 is 2.94 bits per heavy atom. The van der Waals surface area contributed by atoms with Gasteiger partial charge in [0.2, 0.25) is 5.78 Å². The van der Waals surface area contributed by atoms with E-state index in [0.29, 0.717) is 17.3 Å². The highest BCUT2D eigenvalue weighted by atomic mass is 35.5. The molecule has 0 radical (unpaired) electrons. The van der Waals surface area contributed by atoms with Crippen LogP contribution in [0.15, 0.2) is 17.6 Å². The minimum absolute atomic E-state index is 0.0338. The molecular weight excluding hydrogens is 256 g/mol. The summed E-state index contributed by atoms with van der Waals surface area (Å²) >= 11 is 7.49. The smallest absolute Gasteiger partial charge is 0.222 e. The van der Waals surface area contributed by atoms with E-state index in [1.54, 1.807) is 4.68 Å². The van der Waals surface area contributed by atoms with Crippen LogP contribution in [0, 0.1) is 6.92 Å². The number of aryl methyl sites for hydroxylation is 2. The van der Waals surface area contributed by atoms with Crippen LogP contribution in [0.25, 0.3) is 0 Å². The van der Waals surface area contributed by atoms with Crippen molar-refractivity contribution in [1.82, 2.24) is 9.78 Å². The summed E-state index contributed by atoms with van der Waals surface area (Å²) in [6, 6.07) is 1.94. The summed E-state index contributed by atoms with van der Waals surface area (Å²) in [5.74, 6) is -0.0338. The van der Waals surface area contributed by atoms with Crippen LogP contribution in [0.1, 0.15) is 34.3 Å². The van der Waals surface area contributed by atoms with Crippen molar-refractivity contribution >= 4 is 28.7 Å². The zero-order valence-electron chi connectivity index (χ0n) is 9.74. The topological polar surface area (TPSA) is 34.9 Å². The molecule has 17 heavy (non-hydrogen) atoms. The molecular formula is C12H13ClN2OS. The van der Waals surface area contributed by atoms with Crippen molar-refractivity contribution < 1.29 is 4.79 Å². The van der Waals surface area contributed by atoms with Crippen molar-refractivity contribution in [2.24, 2.45) is 0 Å². The average Bonchev–Trinajstić information content (AvgIpc) is 2.86. The van der Waals surface area contributed by atoms with Gasteiger partial charge in [0.15, 0.2) is 0 Å². The molecule has 0 fully saturated rings. The van der Waals surface area contributed by atoms with Crippen LogP contribution in [0.3, 0.4) is 0 Å². The van der Waals surface area contributed by atoms with Gasteiger partial charge in [-0.1, -0.05) is 18.5 Å². The number of rotatable bonds is 4. The molecule has 0 atom stereocenters. The maximum atomic E-state index is 12.4. The summed E-state index contributed by atoms with van der Waals surface area (Å²) in [5.41, 5.74) is 1.49. The molecule has 0 aliphatic carbocycles. The number of hydrogen-bond donors (Lipinski definition) is 0. The Morgan fingerprint density at radius 2 is 2.35 bits per heavy atom. The summed E-state index contributed by atoms with van der Waals surface area (Å²) in [6.07, 6.45) is 2.45. The quantitative estimate of drug-likeness (QED) is 0.795. The molecule has 5 heteroatoms. The molecule has 2 heterocycles. The predicted octanol–water partition coefficient (Wildman–Crippen LogP) is 3.55. The summed E-state index contributed by atoms with van der Waals surface area (Å²) in [5, 5.41) is 6.48. The van der Waals surface area contributed by atoms with E-state index in [9.17, 15) is 4.79 Å². The van der Waals surface area contributed by atoms with Gasteiger partial charge in [-0.15, -0.1) is 11.3 Å². The first-order valence-electron chi connectivity index (χ1n) is 5.45. The van der Waals surface area contributed by atoms with Gasteiger partial charge in [-0.25, -0.2) is 0 Å². The van der Waals surface area contributed by atoms with Gasteiger partial charge >= 0.3 is 0 Å². The molecule has 3 nitrogen and oxygen atoms in total. The van der Waals surface area contributed by atoms with Crippen LogP contribution in [-0.2, 0) is 6.54 Å². The Hall–Kier alpha value is -1.13. The first kappa shape index (κ1) is 12.3. The number of halogens is 1. The van der Waals surface area contributed by atoms with E-state index in [-0.39, 0.29) is 5.78 Å². The molecule has 0 aromatic carbocycles. The second kappa shape index (κ2) is 5.02. The molecule has 0 unspecified atom stereocenters. The molecule has 0 saturated carbocycles. The molecule has 2 aromatic rings. The van der Waals surface area contributed by atoms with Crippen LogP contribution < -0.4 is 0 Å². The molecule has 2 aromatic heterocycles. The maximum Gasteiger partial charge on any atom is 0.222 e. The lowest BCUT2D eigenvalue weighted by atomic mass is 10.2. The number of aromatic nitrogens is 2. The summed E-state index contributed by atoms with van der Waals surface area (Å²) in [6.45, 7) is 4.68. The second-order valence-corrected chi connectivity index (χ2v) is 5.15.